The first-order valence-corrected chi connectivity index (χ1v) is 4.86. The van der Waals surface area contributed by atoms with Gasteiger partial charge in [-0.25, -0.2) is 4.39 Å². The van der Waals surface area contributed by atoms with Crippen molar-refractivity contribution in [1.82, 2.24) is 4.90 Å². The summed E-state index contributed by atoms with van der Waals surface area (Å²) in [6.07, 6.45) is 0.360. The highest BCUT2D eigenvalue weighted by Crippen LogP contribution is 2.30. The second kappa shape index (κ2) is 3.62. The minimum Gasteiger partial charge on any atom is -0.337 e. The number of nitrogens with zero attached hydrogens (tertiary/aromatic N) is 1. The van der Waals surface area contributed by atoms with E-state index < -0.39 is 0 Å². The van der Waals surface area contributed by atoms with Gasteiger partial charge in [-0.05, 0) is 17.7 Å². The number of likely N-dealkylation sites (tertiary alicyclic amines) is 1. The molecule has 1 aromatic carbocycles. The number of hydrogen-bond donors (Lipinski definition) is 1. The lowest BCUT2D eigenvalue weighted by molar-refractivity contribution is -0.127. The van der Waals surface area contributed by atoms with Crippen molar-refractivity contribution in [3.05, 3.63) is 35.6 Å². The van der Waals surface area contributed by atoms with E-state index in [1.54, 1.807) is 24.1 Å². The fraction of sp³-hybridized carbons (Fsp3) is 0.364. The molecule has 1 aromatic rings. The summed E-state index contributed by atoms with van der Waals surface area (Å²) in [5.41, 5.74) is 6.76. The Morgan fingerprint density at radius 1 is 1.40 bits per heavy atom. The molecule has 2 N–H and O–H groups in total. The van der Waals surface area contributed by atoms with E-state index in [2.05, 4.69) is 0 Å². The van der Waals surface area contributed by atoms with Gasteiger partial charge in [0.25, 0.3) is 0 Å². The fourth-order valence-corrected chi connectivity index (χ4v) is 2.03. The van der Waals surface area contributed by atoms with Crippen LogP contribution in [0.1, 0.15) is 18.0 Å². The maximum Gasteiger partial charge on any atom is 0.224 e. The number of carbonyl (C=O) groups excluding carboxylic acids is 1. The molecule has 1 amide bonds. The van der Waals surface area contributed by atoms with Crippen molar-refractivity contribution >= 4 is 5.91 Å². The summed E-state index contributed by atoms with van der Waals surface area (Å²) >= 11 is 0. The third kappa shape index (κ3) is 1.72. The van der Waals surface area contributed by atoms with Gasteiger partial charge in [0.1, 0.15) is 5.82 Å². The van der Waals surface area contributed by atoms with E-state index in [4.69, 9.17) is 5.73 Å². The Morgan fingerprint density at radius 2 is 2.00 bits per heavy atom. The number of benzene rings is 1. The van der Waals surface area contributed by atoms with Crippen molar-refractivity contribution < 1.29 is 9.18 Å². The van der Waals surface area contributed by atoms with E-state index in [0.717, 1.165) is 5.56 Å². The standard InChI is InChI=1S/C11H13FN2O/c1-14-10(15)6-9(13)11(14)7-2-4-8(12)5-3-7/h2-5,9,11H,6,13H2,1H3/t9-,11+/m1/s1. The number of likely N-dealkylation sites (N-methyl/N-ethyl adjacent to an activating group) is 1. The van der Waals surface area contributed by atoms with Crippen LogP contribution in [0, 0.1) is 5.82 Å². The molecule has 0 saturated carbocycles. The highest BCUT2D eigenvalue weighted by molar-refractivity contribution is 5.80. The van der Waals surface area contributed by atoms with Crippen LogP contribution in [0.5, 0.6) is 0 Å². The number of nitrogens with two attached hydrogens (primary N) is 1. The summed E-state index contributed by atoms with van der Waals surface area (Å²) in [5.74, 6) is -0.240. The minimum absolute atomic E-state index is 0.0387. The highest BCUT2D eigenvalue weighted by Gasteiger charge is 2.35. The van der Waals surface area contributed by atoms with Crippen molar-refractivity contribution in [3.8, 4) is 0 Å². The van der Waals surface area contributed by atoms with Crippen molar-refractivity contribution in [2.24, 2.45) is 5.73 Å². The first kappa shape index (κ1) is 10.1. The molecule has 1 heterocycles. The number of carbonyl (C=O) groups is 1. The van der Waals surface area contributed by atoms with Gasteiger partial charge in [-0.3, -0.25) is 4.79 Å². The van der Waals surface area contributed by atoms with E-state index in [-0.39, 0.29) is 23.8 Å². The van der Waals surface area contributed by atoms with Gasteiger partial charge in [0.05, 0.1) is 6.04 Å². The van der Waals surface area contributed by atoms with Crippen LogP contribution in [0.2, 0.25) is 0 Å². The largest absolute Gasteiger partial charge is 0.337 e. The Balaban J connectivity index is 2.30. The summed E-state index contributed by atoms with van der Waals surface area (Å²) < 4.78 is 12.7. The molecular weight excluding hydrogens is 195 g/mol. The summed E-state index contributed by atoms with van der Waals surface area (Å²) in [7, 11) is 1.73. The van der Waals surface area contributed by atoms with Gasteiger partial charge in [0.2, 0.25) is 5.91 Å². The zero-order chi connectivity index (χ0) is 11.0. The van der Waals surface area contributed by atoms with Crippen LogP contribution < -0.4 is 5.73 Å². The molecule has 0 bridgehead atoms. The molecule has 3 nitrogen and oxygen atoms in total. The third-order valence-electron chi connectivity index (χ3n) is 2.84. The quantitative estimate of drug-likeness (QED) is 0.750. The molecule has 4 heteroatoms. The summed E-state index contributed by atoms with van der Waals surface area (Å²) in [6.45, 7) is 0. The molecule has 0 aliphatic carbocycles. The molecular formula is C11H13FN2O. The van der Waals surface area contributed by atoms with Gasteiger partial charge in [-0.15, -0.1) is 0 Å². The van der Waals surface area contributed by atoms with Crippen molar-refractivity contribution in [2.45, 2.75) is 18.5 Å². The molecule has 1 aliphatic heterocycles. The maximum absolute atomic E-state index is 12.7. The smallest absolute Gasteiger partial charge is 0.224 e. The maximum atomic E-state index is 12.7. The Morgan fingerprint density at radius 3 is 2.47 bits per heavy atom. The molecule has 1 fully saturated rings. The molecule has 0 spiro atoms. The van der Waals surface area contributed by atoms with Gasteiger partial charge in [-0.1, -0.05) is 12.1 Å². The molecule has 0 unspecified atom stereocenters. The van der Waals surface area contributed by atoms with E-state index in [1.165, 1.54) is 12.1 Å². The highest BCUT2D eigenvalue weighted by atomic mass is 19.1. The summed E-state index contributed by atoms with van der Waals surface area (Å²) in [6, 6.07) is 5.80. The molecule has 2 atom stereocenters. The van der Waals surface area contributed by atoms with E-state index in [9.17, 15) is 9.18 Å². The lowest BCUT2D eigenvalue weighted by atomic mass is 10.0. The van der Waals surface area contributed by atoms with Crippen LogP contribution in [0.4, 0.5) is 4.39 Å². The molecule has 2 rings (SSSR count). The van der Waals surface area contributed by atoms with Crippen molar-refractivity contribution in [2.75, 3.05) is 7.05 Å². The van der Waals surface area contributed by atoms with Gasteiger partial charge in [0.15, 0.2) is 0 Å². The zero-order valence-corrected chi connectivity index (χ0v) is 8.48. The Hall–Kier alpha value is -1.42. The average molecular weight is 208 g/mol. The first-order chi connectivity index (χ1) is 7.09. The Bertz CT molecular complexity index is 377. The molecule has 15 heavy (non-hydrogen) atoms. The van der Waals surface area contributed by atoms with Crippen LogP contribution in [0.3, 0.4) is 0 Å². The van der Waals surface area contributed by atoms with Crippen LogP contribution >= 0.6 is 0 Å². The topological polar surface area (TPSA) is 46.3 Å². The van der Waals surface area contributed by atoms with Gasteiger partial charge in [0, 0.05) is 19.5 Å². The number of amides is 1. The van der Waals surface area contributed by atoms with Gasteiger partial charge >= 0.3 is 0 Å². The normalized spacial score (nSPS) is 26.1. The molecule has 1 saturated heterocycles. The molecule has 0 aromatic heterocycles. The Kier molecular flexibility index (Phi) is 2.44. The van der Waals surface area contributed by atoms with Crippen LogP contribution in [0.15, 0.2) is 24.3 Å². The molecule has 1 aliphatic rings. The third-order valence-corrected chi connectivity index (χ3v) is 2.84. The number of halogens is 1. The predicted molar refractivity (Wildman–Crippen MR) is 54.5 cm³/mol. The molecule has 80 valence electrons. The van der Waals surface area contributed by atoms with Crippen molar-refractivity contribution in [3.63, 3.8) is 0 Å². The number of rotatable bonds is 1. The first-order valence-electron chi connectivity index (χ1n) is 4.86. The van der Waals surface area contributed by atoms with Crippen LogP contribution in [-0.2, 0) is 4.79 Å². The summed E-state index contributed by atoms with van der Waals surface area (Å²) in [4.78, 5) is 13.0. The summed E-state index contributed by atoms with van der Waals surface area (Å²) in [5, 5.41) is 0. The second-order valence-corrected chi connectivity index (χ2v) is 3.87. The van der Waals surface area contributed by atoms with E-state index >= 15 is 0 Å². The number of hydrogen-bond acceptors (Lipinski definition) is 2. The fourth-order valence-electron chi connectivity index (χ4n) is 2.03. The molecule has 0 radical (unpaired) electrons. The van der Waals surface area contributed by atoms with Gasteiger partial charge in [-0.2, -0.15) is 0 Å². The van der Waals surface area contributed by atoms with Crippen LogP contribution in [-0.4, -0.2) is 23.9 Å². The minimum atomic E-state index is -0.278. The monoisotopic (exact) mass is 208 g/mol. The van der Waals surface area contributed by atoms with Crippen LogP contribution in [0.25, 0.3) is 0 Å². The Labute approximate surface area is 87.7 Å². The lowest BCUT2D eigenvalue weighted by Crippen LogP contribution is -2.30. The second-order valence-electron chi connectivity index (χ2n) is 3.87. The SMILES string of the molecule is CN1C(=O)C[C@@H](N)[C@@H]1c1ccc(F)cc1. The predicted octanol–water partition coefficient (Wildman–Crippen LogP) is 1.06. The zero-order valence-electron chi connectivity index (χ0n) is 8.48. The van der Waals surface area contributed by atoms with Crippen molar-refractivity contribution in [1.29, 1.82) is 0 Å². The lowest BCUT2D eigenvalue weighted by Gasteiger charge is -2.23. The van der Waals surface area contributed by atoms with E-state index in [1.807, 2.05) is 0 Å². The van der Waals surface area contributed by atoms with E-state index in [0.29, 0.717) is 6.42 Å². The average Bonchev–Trinajstić information content (AvgIpc) is 2.44. The van der Waals surface area contributed by atoms with Gasteiger partial charge < -0.3 is 10.6 Å².